The summed E-state index contributed by atoms with van der Waals surface area (Å²) in [5.41, 5.74) is -0.663. The lowest BCUT2D eigenvalue weighted by Crippen LogP contribution is -2.12. The van der Waals surface area contributed by atoms with E-state index in [4.69, 9.17) is 0 Å². The quantitative estimate of drug-likeness (QED) is 0.442. The molecule has 156 valence electrons. The maximum absolute atomic E-state index is 13.5. The van der Waals surface area contributed by atoms with E-state index in [-0.39, 0.29) is 27.1 Å². The lowest BCUT2D eigenvalue weighted by molar-refractivity contribution is -0.138. The second-order valence-electron chi connectivity index (χ2n) is 6.30. The Balaban J connectivity index is 1.90. The van der Waals surface area contributed by atoms with E-state index >= 15 is 0 Å². The molecule has 4 nitrogen and oxygen atoms in total. The molecule has 0 bridgehead atoms. The molecule has 0 aliphatic heterocycles. The molecule has 2 aromatic heterocycles. The van der Waals surface area contributed by atoms with Gasteiger partial charge in [-0.3, -0.25) is 0 Å². The first-order valence-corrected chi connectivity index (χ1v) is 12.1. The molecule has 3 aromatic rings. The zero-order valence-electron chi connectivity index (χ0n) is 15.6. The van der Waals surface area contributed by atoms with Crippen molar-refractivity contribution >= 4 is 32.9 Å². The normalized spacial score (nSPS) is 12.0. The fraction of sp³-hybridized carbons (Fsp3) is 0.200. The molecule has 0 atom stereocenters. The Hall–Kier alpha value is -2.35. The largest absolute Gasteiger partial charge is 0.417 e. The van der Waals surface area contributed by atoms with Crippen LogP contribution in [-0.4, -0.2) is 24.9 Å². The predicted molar refractivity (Wildman–Crippen MR) is 111 cm³/mol. The van der Waals surface area contributed by atoms with Crippen LogP contribution < -0.4 is 0 Å². The van der Waals surface area contributed by atoms with Crippen LogP contribution in [0, 0.1) is 18.3 Å². The zero-order valence-corrected chi connectivity index (χ0v) is 18.1. The number of halogens is 3. The highest BCUT2D eigenvalue weighted by molar-refractivity contribution is 8.00. The molecule has 0 spiro atoms. The Kier molecular flexibility index (Phi) is 6.55. The number of pyridine rings is 1. The summed E-state index contributed by atoms with van der Waals surface area (Å²) in [6.45, 7) is 1.83. The Bertz CT molecular complexity index is 1180. The Morgan fingerprint density at radius 3 is 2.47 bits per heavy atom. The van der Waals surface area contributed by atoms with Gasteiger partial charge in [-0.1, -0.05) is 23.8 Å². The molecule has 0 saturated carbocycles. The fourth-order valence-electron chi connectivity index (χ4n) is 2.62. The molecule has 3 rings (SSSR count). The van der Waals surface area contributed by atoms with Gasteiger partial charge in [-0.15, -0.1) is 23.1 Å². The number of aromatic nitrogens is 1. The van der Waals surface area contributed by atoms with Crippen molar-refractivity contribution in [1.29, 1.82) is 5.26 Å². The van der Waals surface area contributed by atoms with Gasteiger partial charge in [0.05, 0.1) is 32.3 Å². The summed E-state index contributed by atoms with van der Waals surface area (Å²) in [4.78, 5) is 4.89. The van der Waals surface area contributed by atoms with E-state index < -0.39 is 27.1 Å². The monoisotopic (exact) mass is 468 g/mol. The number of rotatable bonds is 6. The first kappa shape index (κ1) is 22.3. The molecule has 10 heteroatoms. The number of hydrogen-bond acceptors (Lipinski definition) is 6. The van der Waals surface area contributed by atoms with Crippen LogP contribution in [0.2, 0.25) is 0 Å². The molecule has 0 fully saturated rings. The second kappa shape index (κ2) is 8.79. The van der Waals surface area contributed by atoms with E-state index in [1.807, 2.05) is 6.92 Å². The van der Waals surface area contributed by atoms with Gasteiger partial charge in [0.15, 0.2) is 9.84 Å². The number of thioether (sulfide) groups is 1. The predicted octanol–water partition coefficient (Wildman–Crippen LogP) is 5.58. The number of nitriles is 1. The number of sulfone groups is 1. The van der Waals surface area contributed by atoms with Crippen molar-refractivity contribution < 1.29 is 21.6 Å². The molecule has 0 unspecified atom stereocenters. The maximum Gasteiger partial charge on any atom is 0.417 e. The summed E-state index contributed by atoms with van der Waals surface area (Å²) in [6, 6.07) is 12.1. The number of aryl methyl sites for hydroxylation is 1. The van der Waals surface area contributed by atoms with Crippen molar-refractivity contribution in [2.24, 2.45) is 0 Å². The number of hydrogen-bond donors (Lipinski definition) is 0. The van der Waals surface area contributed by atoms with Crippen molar-refractivity contribution in [3.63, 3.8) is 0 Å². The van der Waals surface area contributed by atoms with Crippen molar-refractivity contribution in [2.45, 2.75) is 23.0 Å². The van der Waals surface area contributed by atoms with Gasteiger partial charge in [-0.05, 0) is 36.6 Å². The van der Waals surface area contributed by atoms with Crippen molar-refractivity contribution in [3.8, 4) is 16.6 Å². The molecule has 30 heavy (non-hydrogen) atoms. The minimum atomic E-state index is -4.73. The molecule has 1 aromatic carbocycles. The number of alkyl halides is 3. The highest BCUT2D eigenvalue weighted by Crippen LogP contribution is 2.38. The van der Waals surface area contributed by atoms with Crippen LogP contribution in [0.1, 0.15) is 16.7 Å². The van der Waals surface area contributed by atoms with Crippen LogP contribution in [-0.2, 0) is 16.0 Å². The molecular formula is C20H15F3N2O2S3. The topological polar surface area (TPSA) is 70.8 Å². The molecule has 0 radical (unpaired) electrons. The summed E-state index contributed by atoms with van der Waals surface area (Å²) in [7, 11) is -3.61. The highest BCUT2D eigenvalue weighted by atomic mass is 32.2. The third kappa shape index (κ3) is 5.03. The van der Waals surface area contributed by atoms with Crippen molar-refractivity contribution in [1.82, 2.24) is 4.98 Å². The number of nitrogens with zero attached hydrogens (tertiary/aromatic N) is 2. The van der Waals surface area contributed by atoms with Gasteiger partial charge in [-0.25, -0.2) is 13.4 Å². The molecule has 0 aliphatic carbocycles. The summed E-state index contributed by atoms with van der Waals surface area (Å²) in [5, 5.41) is 10.9. The standard InChI is InChI=1S/C20H15F3N2O2S3/c1-13-4-6-14(7-5-13)30(26,27)10-9-29-19-15(12-24)16(20(21,22)23)11-17(25-19)18-3-2-8-28-18/h2-8,11H,9-10H2,1H3. The molecular weight excluding hydrogens is 453 g/mol. The maximum atomic E-state index is 13.5. The van der Waals surface area contributed by atoms with Gasteiger partial charge < -0.3 is 0 Å². The second-order valence-corrected chi connectivity index (χ2v) is 10.4. The molecule has 0 N–H and O–H groups in total. The minimum absolute atomic E-state index is 0.0386. The Morgan fingerprint density at radius 1 is 1.20 bits per heavy atom. The average molecular weight is 469 g/mol. The summed E-state index contributed by atoms with van der Waals surface area (Å²) >= 11 is 2.06. The first-order valence-electron chi connectivity index (χ1n) is 8.60. The van der Waals surface area contributed by atoms with E-state index in [0.29, 0.717) is 4.88 Å². The number of benzene rings is 1. The smallest absolute Gasteiger partial charge is 0.239 e. The van der Waals surface area contributed by atoms with Crippen LogP contribution in [0.3, 0.4) is 0 Å². The van der Waals surface area contributed by atoms with E-state index in [0.717, 1.165) is 23.4 Å². The van der Waals surface area contributed by atoms with Crippen molar-refractivity contribution in [3.05, 3.63) is 64.5 Å². The lowest BCUT2D eigenvalue weighted by Gasteiger charge is -2.13. The lowest BCUT2D eigenvalue weighted by atomic mass is 10.1. The van der Waals surface area contributed by atoms with E-state index in [1.54, 1.807) is 35.7 Å². The fourth-order valence-corrected chi connectivity index (χ4v) is 5.96. The van der Waals surface area contributed by atoms with Crippen LogP contribution in [0.5, 0.6) is 0 Å². The average Bonchev–Trinajstić information content (AvgIpc) is 3.21. The van der Waals surface area contributed by atoms with Crippen LogP contribution in [0.4, 0.5) is 13.2 Å². The summed E-state index contributed by atoms with van der Waals surface area (Å²) < 4.78 is 65.5. The van der Waals surface area contributed by atoms with Gasteiger partial charge in [0.25, 0.3) is 0 Å². The van der Waals surface area contributed by atoms with Gasteiger partial charge >= 0.3 is 6.18 Å². The van der Waals surface area contributed by atoms with Crippen LogP contribution in [0.15, 0.2) is 57.8 Å². The molecule has 0 aliphatic rings. The third-order valence-corrected chi connectivity index (χ3v) is 8.01. The van der Waals surface area contributed by atoms with E-state index in [9.17, 15) is 26.9 Å². The van der Waals surface area contributed by atoms with Crippen LogP contribution >= 0.6 is 23.1 Å². The summed E-state index contributed by atoms with van der Waals surface area (Å²) in [5.74, 6) is -0.332. The first-order chi connectivity index (χ1) is 14.1. The van der Waals surface area contributed by atoms with E-state index in [1.165, 1.54) is 23.5 Å². The van der Waals surface area contributed by atoms with Gasteiger partial charge in [0.1, 0.15) is 11.1 Å². The van der Waals surface area contributed by atoms with Gasteiger partial charge in [-0.2, -0.15) is 18.4 Å². The Labute approximate surface area is 180 Å². The molecule has 0 saturated heterocycles. The zero-order chi connectivity index (χ0) is 21.9. The van der Waals surface area contributed by atoms with Gasteiger partial charge in [0, 0.05) is 5.75 Å². The minimum Gasteiger partial charge on any atom is -0.239 e. The van der Waals surface area contributed by atoms with E-state index in [2.05, 4.69) is 4.98 Å². The van der Waals surface area contributed by atoms with Crippen molar-refractivity contribution in [2.75, 3.05) is 11.5 Å². The SMILES string of the molecule is Cc1ccc(S(=O)(=O)CCSc2nc(-c3cccs3)cc(C(F)(F)F)c2C#N)cc1. The molecule has 2 heterocycles. The third-order valence-electron chi connectivity index (χ3n) is 4.15. The number of thiophene rings is 1. The van der Waals surface area contributed by atoms with Gasteiger partial charge in [0.2, 0.25) is 0 Å². The summed E-state index contributed by atoms with van der Waals surface area (Å²) in [6.07, 6.45) is -4.73. The Morgan fingerprint density at radius 2 is 1.90 bits per heavy atom. The van der Waals surface area contributed by atoms with Crippen LogP contribution in [0.25, 0.3) is 10.6 Å². The molecule has 0 amide bonds. The highest BCUT2D eigenvalue weighted by Gasteiger charge is 2.36.